The number of carbonyl (C=O) groups is 1. The molecule has 0 unspecified atom stereocenters. The molecule has 1 aromatic carbocycles. The van der Waals surface area contributed by atoms with Crippen LogP contribution < -0.4 is 11.1 Å². The molecule has 0 spiro atoms. The number of furan rings is 1. The number of carbonyl (C=O) groups excluding carboxylic acids is 1. The van der Waals surface area contributed by atoms with E-state index < -0.39 is 0 Å². The molecule has 3 aromatic rings. The summed E-state index contributed by atoms with van der Waals surface area (Å²) >= 11 is 0. The van der Waals surface area contributed by atoms with Crippen LogP contribution in [-0.2, 0) is 6.42 Å². The molecule has 0 saturated carbocycles. The highest BCUT2D eigenvalue weighted by molar-refractivity contribution is 6.09. The lowest BCUT2D eigenvalue weighted by Gasteiger charge is -2.23. The maximum atomic E-state index is 13.1. The molecule has 1 atom stereocenters. The zero-order chi connectivity index (χ0) is 18.8. The largest absolute Gasteiger partial charge is 0.465 e. The van der Waals surface area contributed by atoms with Gasteiger partial charge in [0.15, 0.2) is 0 Å². The van der Waals surface area contributed by atoms with Crippen molar-refractivity contribution in [3.8, 4) is 0 Å². The number of amides is 1. The highest BCUT2D eigenvalue weighted by Gasteiger charge is 2.25. The molecule has 0 aliphatic heterocycles. The third-order valence-corrected chi connectivity index (χ3v) is 4.99. The number of rotatable bonds is 4. The van der Waals surface area contributed by atoms with Crippen LogP contribution in [0.5, 0.6) is 0 Å². The van der Waals surface area contributed by atoms with E-state index in [2.05, 4.69) is 5.32 Å². The molecule has 1 aliphatic rings. The molecule has 0 radical (unpaired) electrons. The molecule has 1 amide bonds. The Hall–Kier alpha value is -2.34. The number of halogens is 2. The molecule has 29 heavy (non-hydrogen) atoms. The van der Waals surface area contributed by atoms with E-state index in [1.54, 1.807) is 6.26 Å². The normalized spacial score (nSPS) is 15.2. The van der Waals surface area contributed by atoms with Gasteiger partial charge in [-0.25, -0.2) is 4.98 Å². The first kappa shape index (κ1) is 22.9. The lowest BCUT2D eigenvalue weighted by molar-refractivity contribution is 0.0942. The number of aromatic nitrogens is 1. The molecule has 5 nitrogen and oxygen atoms in total. The van der Waals surface area contributed by atoms with Gasteiger partial charge in [0.25, 0.3) is 5.91 Å². The van der Waals surface area contributed by atoms with Crippen LogP contribution >= 0.6 is 24.8 Å². The summed E-state index contributed by atoms with van der Waals surface area (Å²) in [6, 6.07) is 11.5. The van der Waals surface area contributed by atoms with Crippen LogP contribution in [-0.4, -0.2) is 23.5 Å². The Morgan fingerprint density at radius 2 is 2.03 bits per heavy atom. The molecule has 0 fully saturated rings. The van der Waals surface area contributed by atoms with Crippen molar-refractivity contribution >= 4 is 53.3 Å². The number of nitrogens with one attached hydrogen (secondary N) is 1. The van der Waals surface area contributed by atoms with E-state index in [1.807, 2.05) is 49.4 Å². The molecule has 2 aromatic heterocycles. The van der Waals surface area contributed by atoms with E-state index in [1.165, 1.54) is 0 Å². The second-order valence-electron chi connectivity index (χ2n) is 6.98. The third-order valence-electron chi connectivity index (χ3n) is 4.99. The molecule has 2 heterocycles. The number of fused-ring (bicyclic) bond motifs is 2. The van der Waals surface area contributed by atoms with Crippen molar-refractivity contribution in [2.75, 3.05) is 6.54 Å². The minimum absolute atomic E-state index is 0. The van der Waals surface area contributed by atoms with Gasteiger partial charge < -0.3 is 15.5 Å². The van der Waals surface area contributed by atoms with Gasteiger partial charge in [-0.2, -0.15) is 0 Å². The van der Waals surface area contributed by atoms with Crippen molar-refractivity contribution in [1.82, 2.24) is 10.3 Å². The van der Waals surface area contributed by atoms with E-state index in [9.17, 15) is 4.79 Å². The van der Waals surface area contributed by atoms with Crippen LogP contribution in [0, 0.1) is 0 Å². The Morgan fingerprint density at radius 3 is 2.76 bits per heavy atom. The summed E-state index contributed by atoms with van der Waals surface area (Å²) in [6.07, 6.45) is 6.43. The second kappa shape index (κ2) is 9.92. The fourth-order valence-corrected chi connectivity index (χ4v) is 3.63. The number of hydrogen-bond acceptors (Lipinski definition) is 4. The summed E-state index contributed by atoms with van der Waals surface area (Å²) in [4.78, 5) is 18.0. The highest BCUT2D eigenvalue weighted by Crippen LogP contribution is 2.36. The molecule has 0 bridgehead atoms. The first-order valence-electron chi connectivity index (χ1n) is 9.34. The summed E-state index contributed by atoms with van der Waals surface area (Å²) in [5, 5.41) is 3.91. The Labute approximate surface area is 182 Å². The molecule has 154 valence electrons. The molecule has 0 saturated heterocycles. The minimum atomic E-state index is -0.0817. The zero-order valence-electron chi connectivity index (χ0n) is 16.2. The van der Waals surface area contributed by atoms with Gasteiger partial charge in [0.1, 0.15) is 5.76 Å². The van der Waals surface area contributed by atoms with Gasteiger partial charge in [0.2, 0.25) is 0 Å². The van der Waals surface area contributed by atoms with Crippen molar-refractivity contribution in [2.45, 2.75) is 32.2 Å². The van der Waals surface area contributed by atoms with Crippen LogP contribution in [0.2, 0.25) is 0 Å². The minimum Gasteiger partial charge on any atom is -0.465 e. The predicted octanol–water partition coefficient (Wildman–Crippen LogP) is 4.63. The predicted molar refractivity (Wildman–Crippen MR) is 122 cm³/mol. The van der Waals surface area contributed by atoms with Crippen molar-refractivity contribution in [1.29, 1.82) is 0 Å². The number of nitrogens with zero attached hydrogens (tertiary/aromatic N) is 1. The standard InChI is InChI=1S/C22H23N3O2.2ClH/c1-14(13-23)24-22(26)20-17-8-2-3-10-19(17)25-21-15(6-4-9-18(20)21)12-16-7-5-11-27-16;;/h2-3,5,7-8,10-12,14H,4,6,9,13,23H2,1H3,(H,24,26);2*1H/b15-12-;;/t14-;;/m0../s1. The number of allylic oxidation sites excluding steroid dienone is 1. The van der Waals surface area contributed by atoms with Gasteiger partial charge >= 0.3 is 0 Å². The van der Waals surface area contributed by atoms with Crippen LogP contribution in [0.25, 0.3) is 22.6 Å². The summed E-state index contributed by atoms with van der Waals surface area (Å²) in [5.41, 5.74) is 10.3. The molecular formula is C22H25Cl2N3O2. The maximum absolute atomic E-state index is 13.1. The monoisotopic (exact) mass is 433 g/mol. The molecule has 3 N–H and O–H groups in total. The number of nitrogens with two attached hydrogens (primary N) is 1. The smallest absolute Gasteiger partial charge is 0.252 e. The van der Waals surface area contributed by atoms with Crippen molar-refractivity contribution in [3.63, 3.8) is 0 Å². The third kappa shape index (κ3) is 4.64. The Morgan fingerprint density at radius 1 is 1.24 bits per heavy atom. The van der Waals surface area contributed by atoms with Crippen LogP contribution in [0.15, 0.2) is 47.1 Å². The Bertz CT molecular complexity index is 1020. The summed E-state index contributed by atoms with van der Waals surface area (Å²) in [7, 11) is 0. The highest BCUT2D eigenvalue weighted by atomic mass is 35.5. The summed E-state index contributed by atoms with van der Waals surface area (Å²) in [5.74, 6) is 0.720. The quantitative estimate of drug-likeness (QED) is 0.628. The Balaban J connectivity index is 0.00000150. The van der Waals surface area contributed by atoms with Gasteiger partial charge in [-0.3, -0.25) is 4.79 Å². The topological polar surface area (TPSA) is 81.1 Å². The van der Waals surface area contributed by atoms with Crippen molar-refractivity contribution in [2.24, 2.45) is 5.73 Å². The first-order valence-corrected chi connectivity index (χ1v) is 9.34. The van der Waals surface area contributed by atoms with E-state index in [0.717, 1.165) is 58.3 Å². The van der Waals surface area contributed by atoms with E-state index in [0.29, 0.717) is 6.54 Å². The fourth-order valence-electron chi connectivity index (χ4n) is 3.63. The lowest BCUT2D eigenvalue weighted by Crippen LogP contribution is -2.38. The van der Waals surface area contributed by atoms with Gasteiger partial charge in [-0.15, -0.1) is 24.8 Å². The molecule has 7 heteroatoms. The fraction of sp³-hybridized carbons (Fsp3) is 0.273. The second-order valence-corrected chi connectivity index (χ2v) is 6.98. The average molecular weight is 434 g/mol. The summed E-state index contributed by atoms with van der Waals surface area (Å²) < 4.78 is 5.49. The van der Waals surface area contributed by atoms with Crippen molar-refractivity contribution in [3.05, 3.63) is 65.2 Å². The number of pyridine rings is 1. The Kier molecular flexibility index (Phi) is 7.85. The van der Waals surface area contributed by atoms with E-state index in [-0.39, 0.29) is 36.8 Å². The zero-order valence-corrected chi connectivity index (χ0v) is 17.8. The van der Waals surface area contributed by atoms with Crippen LogP contribution in [0.4, 0.5) is 0 Å². The molecule has 4 rings (SSSR count). The van der Waals surface area contributed by atoms with E-state index >= 15 is 0 Å². The molecule has 1 aliphatic carbocycles. The van der Waals surface area contributed by atoms with Gasteiger partial charge in [-0.1, -0.05) is 18.2 Å². The number of hydrogen-bond donors (Lipinski definition) is 2. The first-order chi connectivity index (χ1) is 13.2. The maximum Gasteiger partial charge on any atom is 0.252 e. The van der Waals surface area contributed by atoms with Gasteiger partial charge in [0.05, 0.1) is 23.0 Å². The SMILES string of the molecule is C[C@@H](CN)NC(=O)c1c2c(nc3ccccc13)/C(=C\c1ccco1)CCC2.Cl.Cl. The molecular weight excluding hydrogens is 409 g/mol. The number of benzene rings is 1. The lowest BCUT2D eigenvalue weighted by atomic mass is 9.86. The van der Waals surface area contributed by atoms with Crippen LogP contribution in [0.1, 0.15) is 47.1 Å². The van der Waals surface area contributed by atoms with Gasteiger partial charge in [-0.05, 0) is 61.6 Å². The van der Waals surface area contributed by atoms with Gasteiger partial charge in [0, 0.05) is 18.0 Å². The van der Waals surface area contributed by atoms with E-state index in [4.69, 9.17) is 15.1 Å². The van der Waals surface area contributed by atoms with Crippen LogP contribution in [0.3, 0.4) is 0 Å². The average Bonchev–Trinajstić information content (AvgIpc) is 3.19. The summed E-state index contributed by atoms with van der Waals surface area (Å²) in [6.45, 7) is 2.32. The number of para-hydroxylation sites is 1. The van der Waals surface area contributed by atoms with Crippen molar-refractivity contribution < 1.29 is 9.21 Å².